The fraction of sp³-hybridized carbons (Fsp3) is 0.591. The molecule has 0 amide bonds. The second kappa shape index (κ2) is 12.8. The monoisotopic (exact) mass is 462 g/mol. The molecule has 1 aliphatic carbocycles. The summed E-state index contributed by atoms with van der Waals surface area (Å²) in [6, 6.07) is 5.04. The lowest BCUT2D eigenvalue weighted by Crippen LogP contribution is -2.27. The smallest absolute Gasteiger partial charge is 0.133 e. The Morgan fingerprint density at radius 2 is 1.79 bits per heavy atom. The van der Waals surface area contributed by atoms with Gasteiger partial charge in [-0.1, -0.05) is 35.4 Å². The lowest BCUT2D eigenvalue weighted by atomic mass is 9.92. The number of aliphatic hydroxyl groups excluding tert-OH is 2. The number of carbonyl (C=O) groups is 1. The van der Waals surface area contributed by atoms with Crippen LogP contribution in [0.25, 0.3) is 0 Å². The molecule has 29 heavy (non-hydrogen) atoms. The molecule has 7 heteroatoms. The highest BCUT2D eigenvalue weighted by atomic mass is 35.5. The zero-order chi connectivity index (χ0) is 21.2. The van der Waals surface area contributed by atoms with Crippen LogP contribution in [0.3, 0.4) is 0 Å². The maximum Gasteiger partial charge on any atom is 0.133 e. The molecule has 1 aromatic carbocycles. The van der Waals surface area contributed by atoms with E-state index in [9.17, 15) is 9.90 Å². The van der Waals surface area contributed by atoms with Crippen LogP contribution < -0.4 is 4.74 Å². The average molecular weight is 464 g/mol. The van der Waals surface area contributed by atoms with Crippen molar-refractivity contribution in [1.82, 2.24) is 0 Å². The molecule has 1 fully saturated rings. The largest absolute Gasteiger partial charge is 0.493 e. The molecule has 1 saturated carbocycles. The van der Waals surface area contributed by atoms with E-state index in [0.29, 0.717) is 48.1 Å². The summed E-state index contributed by atoms with van der Waals surface area (Å²) in [7, 11) is 0. The van der Waals surface area contributed by atoms with Gasteiger partial charge in [0, 0.05) is 40.8 Å². The van der Waals surface area contributed by atoms with E-state index in [1.165, 1.54) is 0 Å². The van der Waals surface area contributed by atoms with Crippen LogP contribution in [-0.4, -0.2) is 40.7 Å². The highest BCUT2D eigenvalue weighted by Gasteiger charge is 2.41. The van der Waals surface area contributed by atoms with Crippen molar-refractivity contribution in [2.75, 3.05) is 13.2 Å². The maximum absolute atomic E-state index is 11.6. The van der Waals surface area contributed by atoms with Crippen LogP contribution in [-0.2, 0) is 4.79 Å². The van der Waals surface area contributed by atoms with Gasteiger partial charge in [0.2, 0.25) is 0 Å². The third kappa shape index (κ3) is 8.47. The average Bonchev–Trinajstić information content (AvgIpc) is 2.93. The van der Waals surface area contributed by atoms with Crippen LogP contribution in [0.5, 0.6) is 5.75 Å². The minimum absolute atomic E-state index is 0.0632. The van der Waals surface area contributed by atoms with Crippen molar-refractivity contribution in [1.29, 1.82) is 0 Å². The van der Waals surface area contributed by atoms with Crippen LogP contribution in [0.4, 0.5) is 0 Å². The molecule has 1 aromatic rings. The van der Waals surface area contributed by atoms with Gasteiger partial charge in [0.1, 0.15) is 11.5 Å². The Morgan fingerprint density at radius 3 is 2.48 bits per heavy atom. The highest BCUT2D eigenvalue weighted by molar-refractivity contribution is 6.34. The third-order valence-electron chi connectivity index (χ3n) is 5.27. The number of aliphatic hydroxyl groups is 2. The summed E-state index contributed by atoms with van der Waals surface area (Å²) in [5.41, 5.74) is 0. The predicted molar refractivity (Wildman–Crippen MR) is 118 cm³/mol. The summed E-state index contributed by atoms with van der Waals surface area (Å²) in [6.45, 7) is 0.409. The first-order chi connectivity index (χ1) is 13.9. The van der Waals surface area contributed by atoms with Gasteiger partial charge < -0.3 is 14.9 Å². The lowest BCUT2D eigenvalue weighted by molar-refractivity contribution is -0.119. The number of allylic oxidation sites excluding steroid dienone is 2. The Labute approximate surface area is 187 Å². The van der Waals surface area contributed by atoms with Gasteiger partial charge in [-0.15, -0.1) is 11.6 Å². The highest BCUT2D eigenvalue weighted by Crippen LogP contribution is 2.39. The fourth-order valence-corrected chi connectivity index (χ4v) is 4.66. The number of rotatable bonds is 12. The van der Waals surface area contributed by atoms with Crippen LogP contribution in [0.15, 0.2) is 30.4 Å². The molecule has 0 aliphatic heterocycles. The first-order valence-electron chi connectivity index (χ1n) is 10.1. The first kappa shape index (κ1) is 24.5. The molecule has 2 rings (SSSR count). The number of ketones is 1. The molecule has 0 saturated heterocycles. The minimum atomic E-state index is -0.505. The Bertz CT molecular complexity index is 660. The Balaban J connectivity index is 1.79. The molecule has 2 N–H and O–H groups in total. The van der Waals surface area contributed by atoms with Gasteiger partial charge in [-0.2, -0.15) is 0 Å². The fourth-order valence-electron chi connectivity index (χ4n) is 3.68. The van der Waals surface area contributed by atoms with Gasteiger partial charge in [0.05, 0.1) is 12.7 Å². The molecular weight excluding hydrogens is 435 g/mol. The lowest BCUT2D eigenvalue weighted by Gasteiger charge is -2.22. The number of carbonyl (C=O) groups excluding carboxylic acids is 1. The van der Waals surface area contributed by atoms with E-state index < -0.39 is 6.10 Å². The van der Waals surface area contributed by atoms with E-state index >= 15 is 0 Å². The first-order valence-corrected chi connectivity index (χ1v) is 11.3. The van der Waals surface area contributed by atoms with Gasteiger partial charge in [0.25, 0.3) is 0 Å². The van der Waals surface area contributed by atoms with Crippen molar-refractivity contribution in [2.45, 2.75) is 56.4 Å². The SMILES string of the molecule is O=C(CCCO)CCC/C=C\C[C@@H]1[C@@H](COc2cc(Cl)cc(Cl)c2)[C@H](O)C[C@H]1Cl. The van der Waals surface area contributed by atoms with Crippen molar-refractivity contribution in [2.24, 2.45) is 11.8 Å². The quantitative estimate of drug-likeness (QED) is 0.246. The van der Waals surface area contributed by atoms with Crippen molar-refractivity contribution in [3.63, 3.8) is 0 Å². The van der Waals surface area contributed by atoms with Crippen LogP contribution in [0.1, 0.15) is 44.9 Å². The number of Topliss-reactive ketones (excluding diaryl/α,β-unsaturated/α-hetero) is 1. The number of hydrogen-bond donors (Lipinski definition) is 2. The number of benzene rings is 1. The van der Waals surface area contributed by atoms with E-state index in [1.54, 1.807) is 18.2 Å². The van der Waals surface area contributed by atoms with Crippen molar-refractivity contribution < 1.29 is 19.7 Å². The Hall–Kier alpha value is -0.780. The number of unbranched alkanes of at least 4 members (excludes halogenated alkanes) is 1. The molecule has 1 aliphatic rings. The minimum Gasteiger partial charge on any atom is -0.493 e. The van der Waals surface area contributed by atoms with E-state index in [-0.39, 0.29) is 29.6 Å². The van der Waals surface area contributed by atoms with Gasteiger partial charge >= 0.3 is 0 Å². The molecule has 4 nitrogen and oxygen atoms in total. The topological polar surface area (TPSA) is 66.8 Å². The van der Waals surface area contributed by atoms with Crippen molar-refractivity contribution in [3.8, 4) is 5.75 Å². The van der Waals surface area contributed by atoms with E-state index in [0.717, 1.165) is 19.3 Å². The summed E-state index contributed by atoms with van der Waals surface area (Å²) in [4.78, 5) is 11.6. The summed E-state index contributed by atoms with van der Waals surface area (Å²) < 4.78 is 5.84. The molecule has 0 heterocycles. The molecule has 0 unspecified atom stereocenters. The Morgan fingerprint density at radius 1 is 1.10 bits per heavy atom. The van der Waals surface area contributed by atoms with E-state index in [4.69, 9.17) is 44.6 Å². The molecule has 162 valence electrons. The molecule has 0 radical (unpaired) electrons. The number of alkyl halides is 1. The summed E-state index contributed by atoms with van der Waals surface area (Å²) in [5, 5.41) is 20.0. The van der Waals surface area contributed by atoms with E-state index in [1.807, 2.05) is 0 Å². The molecule has 0 aromatic heterocycles. The number of halogens is 3. The van der Waals surface area contributed by atoms with Gasteiger partial charge in [-0.25, -0.2) is 0 Å². The van der Waals surface area contributed by atoms with Gasteiger partial charge in [-0.3, -0.25) is 4.79 Å². The Kier molecular flexibility index (Phi) is 10.8. The molecule has 4 atom stereocenters. The van der Waals surface area contributed by atoms with Gasteiger partial charge in [-0.05, 0) is 56.2 Å². The molecular formula is C22H29Cl3O4. The number of hydrogen-bond acceptors (Lipinski definition) is 4. The standard InChI is InChI=1S/C22H29Cl3O4/c23-15-10-16(24)12-18(11-15)29-14-20-19(21(25)13-22(20)28)8-4-2-1-3-6-17(27)7-5-9-26/h2,4,10-12,19-22,26,28H,1,3,5-9,13-14H2/b4-2-/t19-,20-,21-,22-/m1/s1. The summed E-state index contributed by atoms with van der Waals surface area (Å²) in [5.74, 6) is 0.821. The molecule has 0 bridgehead atoms. The second-order valence-corrected chi connectivity index (χ2v) is 8.96. The van der Waals surface area contributed by atoms with Crippen molar-refractivity contribution >= 4 is 40.6 Å². The maximum atomic E-state index is 11.6. The van der Waals surface area contributed by atoms with Gasteiger partial charge in [0.15, 0.2) is 0 Å². The summed E-state index contributed by atoms with van der Waals surface area (Å²) in [6.07, 6.45) is 8.13. The number of ether oxygens (including phenoxy) is 1. The zero-order valence-corrected chi connectivity index (χ0v) is 18.7. The van der Waals surface area contributed by atoms with Crippen LogP contribution in [0, 0.1) is 11.8 Å². The zero-order valence-electron chi connectivity index (χ0n) is 16.4. The third-order valence-corrected chi connectivity index (χ3v) is 6.21. The van der Waals surface area contributed by atoms with Crippen LogP contribution in [0.2, 0.25) is 10.0 Å². The predicted octanol–water partition coefficient (Wildman–Crippen LogP) is 5.43. The van der Waals surface area contributed by atoms with E-state index in [2.05, 4.69) is 12.2 Å². The molecule has 0 spiro atoms. The summed E-state index contributed by atoms with van der Waals surface area (Å²) >= 11 is 18.5. The van der Waals surface area contributed by atoms with Crippen LogP contribution >= 0.6 is 34.8 Å². The second-order valence-electron chi connectivity index (χ2n) is 7.53. The normalized spacial score (nSPS) is 24.3. The van der Waals surface area contributed by atoms with Crippen molar-refractivity contribution in [3.05, 3.63) is 40.4 Å².